The van der Waals surface area contributed by atoms with Gasteiger partial charge in [-0.15, -0.1) is 0 Å². The SMILES string of the molecule is O=C(/C=C/c1ccc(Cl)cc1)Nc1ccc(-c2nc3ncccc3o2)cc1. The Morgan fingerprint density at radius 1 is 1.04 bits per heavy atom. The monoisotopic (exact) mass is 375 g/mol. The molecule has 2 aromatic carbocycles. The van der Waals surface area contributed by atoms with Gasteiger partial charge in [-0.2, -0.15) is 4.98 Å². The van der Waals surface area contributed by atoms with Crippen LogP contribution in [0.1, 0.15) is 5.56 Å². The number of aromatic nitrogens is 2. The number of pyridine rings is 1. The van der Waals surface area contributed by atoms with E-state index in [-0.39, 0.29) is 5.91 Å². The Bertz CT molecular complexity index is 1080. The molecule has 27 heavy (non-hydrogen) atoms. The molecule has 0 unspecified atom stereocenters. The number of rotatable bonds is 4. The Morgan fingerprint density at radius 2 is 1.81 bits per heavy atom. The smallest absolute Gasteiger partial charge is 0.248 e. The molecule has 132 valence electrons. The molecular formula is C21H14ClN3O2. The van der Waals surface area contributed by atoms with Gasteiger partial charge in [0.05, 0.1) is 0 Å². The topological polar surface area (TPSA) is 68.0 Å². The molecule has 4 aromatic rings. The molecule has 0 bridgehead atoms. The normalized spacial score (nSPS) is 11.1. The van der Waals surface area contributed by atoms with E-state index in [9.17, 15) is 4.79 Å². The van der Waals surface area contributed by atoms with Crippen LogP contribution in [0.15, 0.2) is 77.4 Å². The number of carbonyl (C=O) groups excluding carboxylic acids is 1. The van der Waals surface area contributed by atoms with Crippen molar-refractivity contribution in [1.29, 1.82) is 0 Å². The molecule has 6 heteroatoms. The van der Waals surface area contributed by atoms with Crippen LogP contribution < -0.4 is 5.32 Å². The van der Waals surface area contributed by atoms with Gasteiger partial charge in [0.2, 0.25) is 11.8 Å². The van der Waals surface area contributed by atoms with E-state index in [2.05, 4.69) is 15.3 Å². The minimum atomic E-state index is -0.219. The number of anilines is 1. The standard InChI is InChI=1S/C21H14ClN3O2/c22-16-8-3-14(4-9-16)5-12-19(26)24-17-10-6-15(7-11-17)21-25-20-18(27-21)2-1-13-23-20/h1-13H,(H,24,26)/b12-5+. The summed E-state index contributed by atoms with van der Waals surface area (Å²) in [6, 6.07) is 18.1. The number of nitrogens with zero attached hydrogens (tertiary/aromatic N) is 2. The minimum absolute atomic E-state index is 0.219. The lowest BCUT2D eigenvalue weighted by atomic mass is 10.2. The molecule has 0 aliphatic carbocycles. The maximum Gasteiger partial charge on any atom is 0.248 e. The Kier molecular flexibility index (Phi) is 4.68. The zero-order valence-electron chi connectivity index (χ0n) is 14.1. The maximum absolute atomic E-state index is 12.1. The summed E-state index contributed by atoms with van der Waals surface area (Å²) in [5, 5.41) is 3.47. The van der Waals surface area contributed by atoms with Crippen molar-refractivity contribution in [3.8, 4) is 11.5 Å². The molecular weight excluding hydrogens is 362 g/mol. The minimum Gasteiger partial charge on any atom is -0.434 e. The number of oxazole rings is 1. The van der Waals surface area contributed by atoms with Crippen LogP contribution in [-0.4, -0.2) is 15.9 Å². The van der Waals surface area contributed by atoms with Crippen molar-refractivity contribution >= 4 is 40.5 Å². The summed E-state index contributed by atoms with van der Waals surface area (Å²) in [5.74, 6) is 0.271. The van der Waals surface area contributed by atoms with Crippen LogP contribution >= 0.6 is 11.6 Å². The predicted octanol–water partition coefficient (Wildman–Crippen LogP) is 5.20. The lowest BCUT2D eigenvalue weighted by molar-refractivity contribution is -0.111. The quantitative estimate of drug-likeness (QED) is 0.498. The van der Waals surface area contributed by atoms with E-state index in [1.54, 1.807) is 42.6 Å². The van der Waals surface area contributed by atoms with E-state index in [4.69, 9.17) is 16.0 Å². The van der Waals surface area contributed by atoms with Gasteiger partial charge in [0.1, 0.15) is 0 Å². The maximum atomic E-state index is 12.1. The van der Waals surface area contributed by atoms with Crippen LogP contribution in [0.2, 0.25) is 5.02 Å². The van der Waals surface area contributed by atoms with E-state index < -0.39 is 0 Å². The first-order valence-electron chi connectivity index (χ1n) is 8.24. The first-order valence-corrected chi connectivity index (χ1v) is 8.62. The van der Waals surface area contributed by atoms with Gasteiger partial charge in [0.25, 0.3) is 0 Å². The van der Waals surface area contributed by atoms with Crippen molar-refractivity contribution in [2.24, 2.45) is 0 Å². The second kappa shape index (κ2) is 7.43. The van der Waals surface area contributed by atoms with Gasteiger partial charge >= 0.3 is 0 Å². The van der Waals surface area contributed by atoms with Crippen LogP contribution in [0, 0.1) is 0 Å². The average Bonchev–Trinajstić information content (AvgIpc) is 3.12. The number of benzene rings is 2. The highest BCUT2D eigenvalue weighted by Gasteiger charge is 2.08. The Morgan fingerprint density at radius 3 is 2.56 bits per heavy atom. The highest BCUT2D eigenvalue weighted by atomic mass is 35.5. The average molecular weight is 376 g/mol. The van der Waals surface area contributed by atoms with E-state index in [1.165, 1.54) is 6.08 Å². The number of fused-ring (bicyclic) bond motifs is 1. The van der Waals surface area contributed by atoms with E-state index >= 15 is 0 Å². The molecule has 0 saturated carbocycles. The number of carbonyl (C=O) groups is 1. The molecule has 0 atom stereocenters. The van der Waals surface area contributed by atoms with Crippen molar-refractivity contribution in [2.75, 3.05) is 5.32 Å². The van der Waals surface area contributed by atoms with Crippen molar-refractivity contribution in [2.45, 2.75) is 0 Å². The Balaban J connectivity index is 1.44. The molecule has 0 aliphatic heterocycles. The number of amides is 1. The van der Waals surface area contributed by atoms with E-state index in [0.29, 0.717) is 27.8 Å². The van der Waals surface area contributed by atoms with Gasteiger partial charge < -0.3 is 9.73 Å². The Labute approximate surface area is 160 Å². The summed E-state index contributed by atoms with van der Waals surface area (Å²) in [5.41, 5.74) is 3.59. The van der Waals surface area contributed by atoms with Gasteiger partial charge in [-0.3, -0.25) is 4.79 Å². The molecule has 2 aromatic heterocycles. The summed E-state index contributed by atoms with van der Waals surface area (Å²) in [4.78, 5) is 20.6. The fourth-order valence-electron chi connectivity index (χ4n) is 2.52. The summed E-state index contributed by atoms with van der Waals surface area (Å²) in [6.07, 6.45) is 4.87. The number of nitrogens with one attached hydrogen (secondary N) is 1. The van der Waals surface area contributed by atoms with Gasteiger partial charge in [-0.1, -0.05) is 23.7 Å². The third kappa shape index (κ3) is 4.04. The molecule has 2 heterocycles. The van der Waals surface area contributed by atoms with Crippen molar-refractivity contribution in [1.82, 2.24) is 9.97 Å². The van der Waals surface area contributed by atoms with Crippen molar-refractivity contribution < 1.29 is 9.21 Å². The first-order chi connectivity index (χ1) is 13.2. The van der Waals surface area contributed by atoms with Crippen molar-refractivity contribution in [3.05, 3.63) is 83.5 Å². The molecule has 5 nitrogen and oxygen atoms in total. The summed E-state index contributed by atoms with van der Waals surface area (Å²) >= 11 is 5.84. The highest BCUT2D eigenvalue weighted by molar-refractivity contribution is 6.30. The first kappa shape index (κ1) is 17.0. The predicted molar refractivity (Wildman–Crippen MR) is 106 cm³/mol. The fourth-order valence-corrected chi connectivity index (χ4v) is 2.64. The van der Waals surface area contributed by atoms with Gasteiger partial charge in [-0.05, 0) is 60.2 Å². The number of hydrogen-bond acceptors (Lipinski definition) is 4. The number of hydrogen-bond donors (Lipinski definition) is 1. The second-order valence-corrected chi connectivity index (χ2v) is 6.23. The molecule has 0 aliphatic rings. The Hall–Kier alpha value is -3.44. The summed E-state index contributed by atoms with van der Waals surface area (Å²) in [7, 11) is 0. The fraction of sp³-hybridized carbons (Fsp3) is 0. The van der Waals surface area contributed by atoms with Crippen LogP contribution in [0.3, 0.4) is 0 Å². The lowest BCUT2D eigenvalue weighted by Gasteiger charge is -2.03. The lowest BCUT2D eigenvalue weighted by Crippen LogP contribution is -2.07. The molecule has 0 fully saturated rings. The van der Waals surface area contributed by atoms with E-state index in [0.717, 1.165) is 11.1 Å². The molecule has 0 saturated heterocycles. The van der Waals surface area contributed by atoms with Crippen LogP contribution in [0.5, 0.6) is 0 Å². The second-order valence-electron chi connectivity index (χ2n) is 5.80. The molecule has 0 radical (unpaired) electrons. The van der Waals surface area contributed by atoms with Crippen LogP contribution in [0.4, 0.5) is 5.69 Å². The van der Waals surface area contributed by atoms with Gasteiger partial charge in [-0.25, -0.2) is 4.98 Å². The van der Waals surface area contributed by atoms with Gasteiger partial charge in [0.15, 0.2) is 11.2 Å². The van der Waals surface area contributed by atoms with Crippen LogP contribution in [-0.2, 0) is 4.79 Å². The molecule has 0 spiro atoms. The van der Waals surface area contributed by atoms with Crippen molar-refractivity contribution in [3.63, 3.8) is 0 Å². The van der Waals surface area contributed by atoms with Gasteiger partial charge in [0, 0.05) is 28.5 Å². The third-order valence-corrected chi connectivity index (χ3v) is 4.11. The zero-order valence-corrected chi connectivity index (χ0v) is 14.9. The highest BCUT2D eigenvalue weighted by Crippen LogP contribution is 2.24. The van der Waals surface area contributed by atoms with Crippen LogP contribution in [0.25, 0.3) is 28.8 Å². The number of halogens is 1. The molecule has 1 N–H and O–H groups in total. The largest absolute Gasteiger partial charge is 0.434 e. The molecule has 4 rings (SSSR count). The third-order valence-electron chi connectivity index (χ3n) is 3.86. The molecule has 1 amide bonds. The summed E-state index contributed by atoms with van der Waals surface area (Å²) in [6.45, 7) is 0. The zero-order chi connectivity index (χ0) is 18.6. The van der Waals surface area contributed by atoms with E-state index in [1.807, 2.05) is 30.3 Å². The summed E-state index contributed by atoms with van der Waals surface area (Å²) < 4.78 is 5.69.